The van der Waals surface area contributed by atoms with Gasteiger partial charge in [0.05, 0.1) is 12.8 Å². The number of hydrogen-bond donors (Lipinski definition) is 1. The summed E-state index contributed by atoms with van der Waals surface area (Å²) < 4.78 is 11.5. The van der Waals surface area contributed by atoms with Crippen molar-refractivity contribution < 1.29 is 9.15 Å². The van der Waals surface area contributed by atoms with Crippen LogP contribution in [0.3, 0.4) is 0 Å². The van der Waals surface area contributed by atoms with E-state index in [1.807, 2.05) is 37.3 Å². The highest BCUT2D eigenvalue weighted by Gasteiger charge is 2.21. The summed E-state index contributed by atoms with van der Waals surface area (Å²) in [7, 11) is 0. The van der Waals surface area contributed by atoms with Gasteiger partial charge in [-0.1, -0.05) is 30.4 Å². The van der Waals surface area contributed by atoms with Crippen molar-refractivity contribution in [3.8, 4) is 5.75 Å². The zero-order valence-electron chi connectivity index (χ0n) is 12.3. The molecule has 1 aromatic heterocycles. The molecule has 0 atom stereocenters. The molecule has 1 N–H and O–H groups in total. The molecule has 110 valence electrons. The number of allylic oxidation sites excluding steroid dienone is 1. The van der Waals surface area contributed by atoms with E-state index >= 15 is 0 Å². The Kier molecular flexibility index (Phi) is 4.41. The molecule has 0 bridgehead atoms. The first kappa shape index (κ1) is 14.0. The van der Waals surface area contributed by atoms with Crippen molar-refractivity contribution in [3.05, 3.63) is 59.6 Å². The summed E-state index contributed by atoms with van der Waals surface area (Å²) in [4.78, 5) is 0. The van der Waals surface area contributed by atoms with E-state index in [9.17, 15) is 0 Å². The van der Waals surface area contributed by atoms with Crippen LogP contribution in [0.4, 0.5) is 0 Å². The summed E-state index contributed by atoms with van der Waals surface area (Å²) in [5.74, 6) is 1.88. The third kappa shape index (κ3) is 3.76. The lowest BCUT2D eigenvalue weighted by Crippen LogP contribution is -2.16. The Morgan fingerprint density at radius 2 is 2.14 bits per heavy atom. The Morgan fingerprint density at radius 1 is 1.29 bits per heavy atom. The Labute approximate surface area is 125 Å². The number of hydrogen-bond acceptors (Lipinski definition) is 3. The Balaban J connectivity index is 1.63. The maximum atomic E-state index is 5.96. The molecule has 1 aliphatic carbocycles. The normalized spacial score (nSPS) is 14.7. The molecule has 0 amide bonds. The molecule has 1 fully saturated rings. The number of para-hydroxylation sites is 1. The van der Waals surface area contributed by atoms with Crippen LogP contribution < -0.4 is 10.1 Å². The molecule has 2 aromatic rings. The zero-order chi connectivity index (χ0) is 14.5. The van der Waals surface area contributed by atoms with Crippen LogP contribution in [-0.2, 0) is 13.2 Å². The molecule has 1 aliphatic rings. The molecule has 1 heterocycles. The molecule has 0 aliphatic heterocycles. The molecule has 3 nitrogen and oxygen atoms in total. The lowest BCUT2D eigenvalue weighted by atomic mass is 10.2. The molecule has 1 saturated carbocycles. The highest BCUT2D eigenvalue weighted by molar-refractivity contribution is 5.56. The van der Waals surface area contributed by atoms with E-state index < -0.39 is 0 Å². The van der Waals surface area contributed by atoms with E-state index in [2.05, 4.69) is 17.5 Å². The first-order valence-corrected chi connectivity index (χ1v) is 7.50. The predicted octanol–water partition coefficient (Wildman–Crippen LogP) is 4.14. The van der Waals surface area contributed by atoms with Crippen LogP contribution in [0.25, 0.3) is 6.08 Å². The van der Waals surface area contributed by atoms with Gasteiger partial charge in [0, 0.05) is 17.2 Å². The molecule has 3 heteroatoms. The van der Waals surface area contributed by atoms with Gasteiger partial charge < -0.3 is 14.5 Å². The third-order valence-electron chi connectivity index (χ3n) is 3.61. The van der Waals surface area contributed by atoms with Crippen molar-refractivity contribution in [1.82, 2.24) is 5.32 Å². The molecule has 0 spiro atoms. The molecule has 1 aromatic carbocycles. The molecule has 0 unspecified atom stereocenters. The first-order valence-electron chi connectivity index (χ1n) is 7.50. The minimum Gasteiger partial charge on any atom is -0.488 e. The molecular weight excluding hydrogens is 262 g/mol. The maximum Gasteiger partial charge on any atom is 0.127 e. The lowest BCUT2D eigenvalue weighted by Gasteiger charge is -2.09. The van der Waals surface area contributed by atoms with Gasteiger partial charge in [-0.15, -0.1) is 0 Å². The van der Waals surface area contributed by atoms with Gasteiger partial charge in [0.15, 0.2) is 0 Å². The van der Waals surface area contributed by atoms with Crippen molar-refractivity contribution in [2.24, 2.45) is 0 Å². The van der Waals surface area contributed by atoms with E-state index in [0.29, 0.717) is 12.6 Å². The Hall–Kier alpha value is -2.00. The number of benzene rings is 1. The molecule has 3 rings (SSSR count). The standard InChI is InChI=1S/C18H21NO2/c1-2-5-14-6-3-4-7-17(14)21-13-15-10-11-20-18(15)12-19-16-8-9-16/h2-7,10-11,16,19H,8-9,12-13H2,1H3. The molecule has 0 radical (unpaired) electrons. The number of furan rings is 1. The highest BCUT2D eigenvalue weighted by Crippen LogP contribution is 2.23. The average molecular weight is 283 g/mol. The quantitative estimate of drug-likeness (QED) is 0.829. The van der Waals surface area contributed by atoms with Crippen LogP contribution in [-0.4, -0.2) is 6.04 Å². The fourth-order valence-corrected chi connectivity index (χ4v) is 2.26. The molecule has 21 heavy (non-hydrogen) atoms. The van der Waals surface area contributed by atoms with Crippen LogP contribution >= 0.6 is 0 Å². The van der Waals surface area contributed by atoms with E-state index in [0.717, 1.165) is 29.2 Å². The summed E-state index contributed by atoms with van der Waals surface area (Å²) in [5.41, 5.74) is 2.21. The summed E-state index contributed by atoms with van der Waals surface area (Å²) in [6, 6.07) is 10.7. The van der Waals surface area contributed by atoms with Gasteiger partial charge in [0.2, 0.25) is 0 Å². The summed E-state index contributed by atoms with van der Waals surface area (Å²) in [6.45, 7) is 3.33. The largest absolute Gasteiger partial charge is 0.488 e. The highest BCUT2D eigenvalue weighted by atomic mass is 16.5. The van der Waals surface area contributed by atoms with Crippen LogP contribution in [0.2, 0.25) is 0 Å². The van der Waals surface area contributed by atoms with Gasteiger partial charge >= 0.3 is 0 Å². The van der Waals surface area contributed by atoms with E-state index in [4.69, 9.17) is 9.15 Å². The van der Waals surface area contributed by atoms with Gasteiger partial charge in [-0.3, -0.25) is 0 Å². The van der Waals surface area contributed by atoms with Gasteiger partial charge in [-0.25, -0.2) is 0 Å². The summed E-state index contributed by atoms with van der Waals surface area (Å²) in [6.07, 6.45) is 8.37. The number of rotatable bonds is 7. The van der Waals surface area contributed by atoms with Gasteiger partial charge in [-0.2, -0.15) is 0 Å². The predicted molar refractivity (Wildman–Crippen MR) is 84.1 cm³/mol. The van der Waals surface area contributed by atoms with E-state index in [1.54, 1.807) is 6.26 Å². The Morgan fingerprint density at radius 3 is 2.95 bits per heavy atom. The first-order chi connectivity index (χ1) is 10.4. The Bertz CT molecular complexity index is 611. The smallest absolute Gasteiger partial charge is 0.127 e. The van der Waals surface area contributed by atoms with Crippen LogP contribution in [0, 0.1) is 0 Å². The van der Waals surface area contributed by atoms with Crippen molar-refractivity contribution in [2.75, 3.05) is 0 Å². The second-order valence-electron chi connectivity index (χ2n) is 5.35. The van der Waals surface area contributed by atoms with Crippen LogP contribution in [0.15, 0.2) is 47.1 Å². The van der Waals surface area contributed by atoms with Crippen molar-refractivity contribution in [3.63, 3.8) is 0 Å². The SMILES string of the molecule is CC=Cc1ccccc1OCc1ccoc1CNC1CC1. The van der Waals surface area contributed by atoms with Gasteiger partial charge in [0.1, 0.15) is 18.1 Å². The minimum absolute atomic E-state index is 0.534. The van der Waals surface area contributed by atoms with E-state index in [1.165, 1.54) is 12.8 Å². The number of nitrogens with one attached hydrogen (secondary N) is 1. The monoisotopic (exact) mass is 283 g/mol. The van der Waals surface area contributed by atoms with Crippen LogP contribution in [0.1, 0.15) is 36.7 Å². The molecule has 0 saturated heterocycles. The zero-order valence-corrected chi connectivity index (χ0v) is 12.3. The summed E-state index contributed by atoms with van der Waals surface area (Å²) >= 11 is 0. The molecular formula is C18H21NO2. The van der Waals surface area contributed by atoms with Gasteiger partial charge in [0.25, 0.3) is 0 Å². The fraction of sp³-hybridized carbons (Fsp3) is 0.333. The van der Waals surface area contributed by atoms with Crippen molar-refractivity contribution in [1.29, 1.82) is 0 Å². The van der Waals surface area contributed by atoms with E-state index in [-0.39, 0.29) is 0 Å². The van der Waals surface area contributed by atoms with Crippen LogP contribution in [0.5, 0.6) is 5.75 Å². The minimum atomic E-state index is 0.534. The third-order valence-corrected chi connectivity index (χ3v) is 3.61. The maximum absolute atomic E-state index is 5.96. The second kappa shape index (κ2) is 6.64. The van der Waals surface area contributed by atoms with Crippen molar-refractivity contribution >= 4 is 6.08 Å². The fourth-order valence-electron chi connectivity index (χ4n) is 2.26. The average Bonchev–Trinajstić information content (AvgIpc) is 3.23. The number of ether oxygens (including phenoxy) is 1. The van der Waals surface area contributed by atoms with Gasteiger partial charge in [-0.05, 0) is 31.9 Å². The second-order valence-corrected chi connectivity index (χ2v) is 5.35. The lowest BCUT2D eigenvalue weighted by molar-refractivity contribution is 0.300. The summed E-state index contributed by atoms with van der Waals surface area (Å²) in [5, 5.41) is 3.47. The van der Waals surface area contributed by atoms with Crippen molar-refractivity contribution in [2.45, 2.75) is 39.0 Å². The topological polar surface area (TPSA) is 34.4 Å².